The van der Waals surface area contributed by atoms with Crippen LogP contribution in [-0.2, 0) is 23.8 Å². The van der Waals surface area contributed by atoms with Crippen molar-refractivity contribution in [3.63, 3.8) is 0 Å². The largest absolute Gasteiger partial charge is 0.462 e. The van der Waals surface area contributed by atoms with Gasteiger partial charge in [0.15, 0.2) is 6.10 Å². The average molecular weight is 928 g/mol. The zero-order chi connectivity index (χ0) is 47.7. The quantitative estimate of drug-likeness (QED) is 0.0345. The molecule has 0 spiro atoms. The molecule has 0 aromatic carbocycles. The van der Waals surface area contributed by atoms with Crippen LogP contribution in [0.4, 0.5) is 0 Å². The highest BCUT2D eigenvalue weighted by atomic mass is 16.6. The lowest BCUT2D eigenvalue weighted by atomic mass is 10.1. The summed E-state index contributed by atoms with van der Waals surface area (Å²) in [7, 11) is 0. The van der Waals surface area contributed by atoms with Gasteiger partial charge in [0, 0.05) is 19.4 Å². The number of esters is 2. The number of rotatable bonds is 55. The smallest absolute Gasteiger partial charge is 0.306 e. The monoisotopic (exact) mass is 927 g/mol. The van der Waals surface area contributed by atoms with Crippen LogP contribution in [0.5, 0.6) is 0 Å². The van der Waals surface area contributed by atoms with Crippen molar-refractivity contribution in [3.8, 4) is 0 Å². The summed E-state index contributed by atoms with van der Waals surface area (Å²) in [6.45, 7) is 7.83. The van der Waals surface area contributed by atoms with E-state index in [4.69, 9.17) is 14.2 Å². The zero-order valence-electron chi connectivity index (χ0n) is 44.7. The molecule has 0 rings (SSSR count). The molecule has 0 aliphatic heterocycles. The Bertz CT molecular complexity index is 1050. The first kappa shape index (κ1) is 64.1. The molecule has 0 saturated heterocycles. The van der Waals surface area contributed by atoms with Gasteiger partial charge in [-0.2, -0.15) is 0 Å². The summed E-state index contributed by atoms with van der Waals surface area (Å²) < 4.78 is 17.5. The van der Waals surface area contributed by atoms with Crippen molar-refractivity contribution in [2.45, 2.75) is 322 Å². The van der Waals surface area contributed by atoms with Crippen LogP contribution in [0.2, 0.25) is 0 Å². The summed E-state index contributed by atoms with van der Waals surface area (Å²) >= 11 is 0. The van der Waals surface area contributed by atoms with Gasteiger partial charge in [-0.3, -0.25) is 9.59 Å². The molecule has 0 radical (unpaired) electrons. The standard InChI is InChI=1S/C61H114O5/c1-4-7-10-13-16-19-22-25-27-29-31-33-35-37-39-42-45-48-51-54-60(62)65-58-59(57-64-56-53-50-47-44-41-24-21-18-15-12-9-6-3)66-61(63)55-52-49-46-43-40-38-36-34-32-30-28-26-23-20-17-14-11-8-5-2/h15,18,25-28,59H,4-14,16-17,19-24,29-58H2,1-3H3/b18-15-,27-25-,28-26-. The Balaban J connectivity index is 4.19. The summed E-state index contributed by atoms with van der Waals surface area (Å²) in [5.74, 6) is -0.388. The van der Waals surface area contributed by atoms with Crippen molar-refractivity contribution in [2.75, 3.05) is 19.8 Å². The first-order valence-corrected chi connectivity index (χ1v) is 29.5. The van der Waals surface area contributed by atoms with Gasteiger partial charge in [-0.1, -0.05) is 250 Å². The molecule has 5 heteroatoms. The fraction of sp³-hybridized carbons (Fsp3) is 0.869. The van der Waals surface area contributed by atoms with Gasteiger partial charge in [0.25, 0.3) is 0 Å². The topological polar surface area (TPSA) is 61.8 Å². The normalized spacial score (nSPS) is 12.3. The molecule has 0 N–H and O–H groups in total. The number of unbranched alkanes of at least 4 members (excludes halogenated alkanes) is 38. The summed E-state index contributed by atoms with van der Waals surface area (Å²) in [4.78, 5) is 25.5. The highest BCUT2D eigenvalue weighted by Gasteiger charge is 2.17. The molecular weight excluding hydrogens is 813 g/mol. The predicted octanol–water partition coefficient (Wildman–Crippen LogP) is 20.1. The second-order valence-electron chi connectivity index (χ2n) is 19.9. The molecule has 0 saturated carbocycles. The van der Waals surface area contributed by atoms with Crippen LogP contribution in [0.25, 0.3) is 0 Å². The number of allylic oxidation sites excluding steroid dienone is 6. The molecule has 1 atom stereocenters. The van der Waals surface area contributed by atoms with Crippen LogP contribution in [-0.4, -0.2) is 37.9 Å². The van der Waals surface area contributed by atoms with Crippen molar-refractivity contribution < 1.29 is 23.8 Å². The van der Waals surface area contributed by atoms with Crippen molar-refractivity contribution in [1.82, 2.24) is 0 Å². The Morgan fingerprint density at radius 3 is 0.970 bits per heavy atom. The van der Waals surface area contributed by atoms with Gasteiger partial charge in [-0.25, -0.2) is 0 Å². The van der Waals surface area contributed by atoms with Crippen LogP contribution in [0.15, 0.2) is 36.5 Å². The third-order valence-electron chi connectivity index (χ3n) is 13.1. The first-order valence-electron chi connectivity index (χ1n) is 29.5. The van der Waals surface area contributed by atoms with Gasteiger partial charge in [-0.05, 0) is 89.9 Å². The lowest BCUT2D eigenvalue weighted by Gasteiger charge is -2.18. The van der Waals surface area contributed by atoms with Crippen molar-refractivity contribution in [1.29, 1.82) is 0 Å². The first-order chi connectivity index (χ1) is 32.6. The lowest BCUT2D eigenvalue weighted by molar-refractivity contribution is -0.163. The van der Waals surface area contributed by atoms with E-state index < -0.39 is 6.10 Å². The predicted molar refractivity (Wildman–Crippen MR) is 288 cm³/mol. The summed E-state index contributed by atoms with van der Waals surface area (Å²) in [6.07, 6.45) is 70.2. The molecule has 0 heterocycles. The number of hydrogen-bond acceptors (Lipinski definition) is 5. The van der Waals surface area contributed by atoms with Crippen LogP contribution in [0.1, 0.15) is 316 Å². The van der Waals surface area contributed by atoms with E-state index in [9.17, 15) is 9.59 Å². The molecule has 0 amide bonds. The van der Waals surface area contributed by atoms with E-state index in [-0.39, 0.29) is 25.2 Å². The molecule has 0 aliphatic rings. The van der Waals surface area contributed by atoms with Gasteiger partial charge >= 0.3 is 11.9 Å². The zero-order valence-corrected chi connectivity index (χ0v) is 44.7. The summed E-state index contributed by atoms with van der Waals surface area (Å²) in [6, 6.07) is 0. The fourth-order valence-electron chi connectivity index (χ4n) is 8.66. The maximum atomic E-state index is 12.9. The molecule has 0 aromatic rings. The summed E-state index contributed by atoms with van der Waals surface area (Å²) in [5.41, 5.74) is 0. The molecule has 5 nitrogen and oxygen atoms in total. The molecule has 0 bridgehead atoms. The van der Waals surface area contributed by atoms with Crippen LogP contribution in [0, 0.1) is 0 Å². The molecule has 1 unspecified atom stereocenters. The molecule has 66 heavy (non-hydrogen) atoms. The van der Waals surface area contributed by atoms with Crippen LogP contribution in [0.3, 0.4) is 0 Å². The van der Waals surface area contributed by atoms with Crippen molar-refractivity contribution in [2.24, 2.45) is 0 Å². The molecule has 0 fully saturated rings. The Hall–Kier alpha value is -1.88. The molecule has 0 aromatic heterocycles. The number of carbonyl (C=O) groups is 2. The minimum Gasteiger partial charge on any atom is -0.462 e. The molecule has 0 aliphatic carbocycles. The second-order valence-corrected chi connectivity index (χ2v) is 19.9. The average Bonchev–Trinajstić information content (AvgIpc) is 3.32. The third-order valence-corrected chi connectivity index (χ3v) is 13.1. The van der Waals surface area contributed by atoms with E-state index in [0.29, 0.717) is 19.4 Å². The van der Waals surface area contributed by atoms with Crippen LogP contribution >= 0.6 is 0 Å². The van der Waals surface area contributed by atoms with Gasteiger partial charge in [0.2, 0.25) is 0 Å². The SMILES string of the molecule is CCCC/C=C\CCCCCCCCOCC(COC(=O)CCCCCCCCCCC/C=C\CCCCCCCC)OC(=O)CCCCCCCCCCC/C=C\CCCCCCCC. The van der Waals surface area contributed by atoms with E-state index in [1.54, 1.807) is 0 Å². The van der Waals surface area contributed by atoms with Crippen molar-refractivity contribution >= 4 is 11.9 Å². The molecule has 388 valence electrons. The van der Waals surface area contributed by atoms with E-state index in [1.807, 2.05) is 0 Å². The Kier molecular flexibility index (Phi) is 55.8. The van der Waals surface area contributed by atoms with Crippen molar-refractivity contribution in [3.05, 3.63) is 36.5 Å². The van der Waals surface area contributed by atoms with Gasteiger partial charge in [-0.15, -0.1) is 0 Å². The third kappa shape index (κ3) is 54.7. The maximum Gasteiger partial charge on any atom is 0.306 e. The minimum atomic E-state index is -0.538. The van der Waals surface area contributed by atoms with Gasteiger partial charge in [0.05, 0.1) is 6.61 Å². The number of hydrogen-bond donors (Lipinski definition) is 0. The van der Waals surface area contributed by atoms with Gasteiger partial charge in [0.1, 0.15) is 6.61 Å². The summed E-state index contributed by atoms with van der Waals surface area (Å²) in [5, 5.41) is 0. The Morgan fingerprint density at radius 1 is 0.318 bits per heavy atom. The highest BCUT2D eigenvalue weighted by molar-refractivity contribution is 5.70. The van der Waals surface area contributed by atoms with E-state index in [0.717, 1.165) is 38.5 Å². The van der Waals surface area contributed by atoms with E-state index >= 15 is 0 Å². The maximum absolute atomic E-state index is 12.9. The number of ether oxygens (including phenoxy) is 3. The fourth-order valence-corrected chi connectivity index (χ4v) is 8.66. The minimum absolute atomic E-state index is 0.0852. The Morgan fingerprint density at radius 2 is 0.606 bits per heavy atom. The van der Waals surface area contributed by atoms with E-state index in [1.165, 1.54) is 244 Å². The van der Waals surface area contributed by atoms with Crippen LogP contribution < -0.4 is 0 Å². The van der Waals surface area contributed by atoms with Gasteiger partial charge < -0.3 is 14.2 Å². The highest BCUT2D eigenvalue weighted by Crippen LogP contribution is 2.16. The number of carbonyl (C=O) groups excluding carboxylic acids is 2. The molecular formula is C61H114O5. The second kappa shape index (κ2) is 57.4. The Labute approximate surface area is 412 Å². The van der Waals surface area contributed by atoms with E-state index in [2.05, 4.69) is 57.2 Å². The lowest BCUT2D eigenvalue weighted by Crippen LogP contribution is -2.30.